The number of fused-ring (bicyclic) bond motifs is 2. The molecule has 40 heavy (non-hydrogen) atoms. The molecule has 0 amide bonds. The van der Waals surface area contributed by atoms with Gasteiger partial charge in [-0.15, -0.1) is 0 Å². The molecule has 2 aromatic rings. The minimum atomic E-state index is -4.02. The number of carbonyl (C=O) groups is 2. The van der Waals surface area contributed by atoms with Gasteiger partial charge >= 0.3 is 11.9 Å². The Morgan fingerprint density at radius 3 is 2.55 bits per heavy atom. The van der Waals surface area contributed by atoms with Crippen LogP contribution in [0.1, 0.15) is 42.7 Å². The fraction of sp³-hybridized carbons (Fsp3) is 0.481. The third-order valence-corrected chi connectivity index (χ3v) is 9.27. The van der Waals surface area contributed by atoms with Gasteiger partial charge in [-0.2, -0.15) is 9.57 Å². The predicted molar refractivity (Wildman–Crippen MR) is 137 cm³/mol. The van der Waals surface area contributed by atoms with Gasteiger partial charge in [0, 0.05) is 24.7 Å². The number of carbonyl (C=O) groups excluding carboxylic acids is 2. The van der Waals surface area contributed by atoms with Crippen LogP contribution in [0.3, 0.4) is 0 Å². The third-order valence-electron chi connectivity index (χ3n) is 7.34. The molecule has 1 spiro atoms. The molecule has 13 heteroatoms. The van der Waals surface area contributed by atoms with Crippen LogP contribution in [-0.2, 0) is 50.9 Å². The third kappa shape index (κ3) is 4.71. The van der Waals surface area contributed by atoms with E-state index in [9.17, 15) is 28.1 Å². The second-order valence-corrected chi connectivity index (χ2v) is 11.7. The highest BCUT2D eigenvalue weighted by atomic mass is 32.2. The number of nitriles is 1. The van der Waals surface area contributed by atoms with Gasteiger partial charge in [-0.3, -0.25) is 9.59 Å². The van der Waals surface area contributed by atoms with Crippen molar-refractivity contribution in [2.45, 2.75) is 56.1 Å². The summed E-state index contributed by atoms with van der Waals surface area (Å²) in [6.45, 7) is 3.93. The molecule has 0 radical (unpaired) electrons. The van der Waals surface area contributed by atoms with Gasteiger partial charge in [0.15, 0.2) is 0 Å². The maximum absolute atomic E-state index is 13.4. The number of sulfonamides is 1. The number of nitrogens with zero attached hydrogens (tertiary/aromatic N) is 3. The summed E-state index contributed by atoms with van der Waals surface area (Å²) in [7, 11) is -4.02. The molecule has 3 aliphatic rings. The Kier molecular flexibility index (Phi) is 7.54. The molecule has 12 nitrogen and oxygen atoms in total. The average Bonchev–Trinajstić information content (AvgIpc) is 3.68. The number of esters is 2. The van der Waals surface area contributed by atoms with Crippen LogP contribution in [0.2, 0.25) is 0 Å². The number of aromatic nitrogens is 1. The summed E-state index contributed by atoms with van der Waals surface area (Å²) in [6, 6.07) is 9.80. The van der Waals surface area contributed by atoms with Crippen LogP contribution in [-0.4, -0.2) is 61.6 Å². The first-order valence-electron chi connectivity index (χ1n) is 13.0. The first-order chi connectivity index (χ1) is 19.1. The highest BCUT2D eigenvalue weighted by Gasteiger charge is 2.54. The van der Waals surface area contributed by atoms with E-state index in [1.807, 2.05) is 6.92 Å². The molecule has 0 bridgehead atoms. The molecule has 0 saturated carbocycles. The Morgan fingerprint density at radius 1 is 1.20 bits per heavy atom. The number of hydrogen-bond acceptors (Lipinski definition) is 10. The van der Waals surface area contributed by atoms with Crippen molar-refractivity contribution in [2.24, 2.45) is 5.92 Å². The second-order valence-electron chi connectivity index (χ2n) is 9.82. The molecule has 5 rings (SSSR count). The van der Waals surface area contributed by atoms with Crippen LogP contribution >= 0.6 is 0 Å². The summed E-state index contributed by atoms with van der Waals surface area (Å²) in [4.78, 5) is 39.6. The van der Waals surface area contributed by atoms with Crippen molar-refractivity contribution in [3.63, 3.8) is 0 Å². The Morgan fingerprint density at radius 2 is 1.90 bits per heavy atom. The molecular formula is C27H29N3O9S. The lowest BCUT2D eigenvalue weighted by Gasteiger charge is -2.27. The van der Waals surface area contributed by atoms with E-state index in [0.29, 0.717) is 6.42 Å². The van der Waals surface area contributed by atoms with E-state index in [4.69, 9.17) is 18.9 Å². The lowest BCUT2D eigenvalue weighted by molar-refractivity contribution is -0.184. The van der Waals surface area contributed by atoms with Gasteiger partial charge in [-0.1, -0.05) is 17.7 Å². The molecule has 1 aromatic carbocycles. The fourth-order valence-electron chi connectivity index (χ4n) is 5.40. The number of ether oxygens (including phenoxy) is 4. The van der Waals surface area contributed by atoms with Gasteiger partial charge in [0.1, 0.15) is 12.0 Å². The Bertz CT molecular complexity index is 1520. The standard InChI is InChI=1S/C27H29N3O9S/c1-3-36-26(33)24(18-13-22-27(37-11-12-38-27)19(15-28)16-29(22)23(31)14-18)39-25(32)21-5-4-10-30(21)40(34,35)20-8-6-17(2)7-9-20/h6-9,13-14,19,21,24H,3-5,10-12,16H2,1-2H3/t19?,21-,24?/m1/s1. The van der Waals surface area contributed by atoms with Crippen molar-refractivity contribution in [1.29, 1.82) is 5.26 Å². The SMILES string of the molecule is CCOC(=O)C(OC(=O)[C@H]1CCCN1S(=O)(=O)c1ccc(C)cc1)c1cc2n(c(=O)c1)CC(C#N)C21OCCO1. The summed E-state index contributed by atoms with van der Waals surface area (Å²) in [5.74, 6) is -4.16. The van der Waals surface area contributed by atoms with E-state index in [1.54, 1.807) is 19.1 Å². The zero-order valence-corrected chi connectivity index (χ0v) is 22.9. The number of hydrogen-bond donors (Lipinski definition) is 0. The van der Waals surface area contributed by atoms with Gasteiger partial charge < -0.3 is 23.5 Å². The summed E-state index contributed by atoms with van der Waals surface area (Å²) < 4.78 is 51.5. The molecule has 3 atom stereocenters. The lowest BCUT2D eigenvalue weighted by Crippen LogP contribution is -2.42. The number of rotatable bonds is 7. The minimum Gasteiger partial charge on any atom is -0.463 e. The molecule has 4 heterocycles. The molecule has 1 aromatic heterocycles. The van der Waals surface area contributed by atoms with Gasteiger partial charge in [0.25, 0.3) is 5.56 Å². The molecule has 2 fully saturated rings. The fourth-order valence-corrected chi connectivity index (χ4v) is 7.05. The van der Waals surface area contributed by atoms with Crippen LogP contribution in [0.4, 0.5) is 0 Å². The normalized spacial score (nSPS) is 22.5. The van der Waals surface area contributed by atoms with Crippen molar-refractivity contribution in [2.75, 3.05) is 26.4 Å². The molecule has 2 unspecified atom stereocenters. The monoisotopic (exact) mass is 571 g/mol. The molecular weight excluding hydrogens is 542 g/mol. The van der Waals surface area contributed by atoms with Crippen molar-refractivity contribution in [3.05, 3.63) is 63.6 Å². The first kappa shape index (κ1) is 28.0. The van der Waals surface area contributed by atoms with E-state index in [0.717, 1.165) is 15.9 Å². The zero-order chi connectivity index (χ0) is 28.7. The molecule has 212 valence electrons. The van der Waals surface area contributed by atoms with E-state index in [2.05, 4.69) is 6.07 Å². The highest BCUT2D eigenvalue weighted by Crippen LogP contribution is 2.44. The summed E-state index contributed by atoms with van der Waals surface area (Å²) in [6.07, 6.45) is -1.04. The second kappa shape index (κ2) is 10.8. The Balaban J connectivity index is 1.47. The van der Waals surface area contributed by atoms with Crippen molar-refractivity contribution < 1.29 is 37.0 Å². The van der Waals surface area contributed by atoms with E-state index in [1.165, 1.54) is 22.8 Å². The van der Waals surface area contributed by atoms with Crippen molar-refractivity contribution >= 4 is 22.0 Å². The van der Waals surface area contributed by atoms with E-state index in [-0.39, 0.29) is 55.5 Å². The number of pyridine rings is 1. The quantitative estimate of drug-likeness (QED) is 0.447. The van der Waals surface area contributed by atoms with Crippen LogP contribution in [0, 0.1) is 24.2 Å². The van der Waals surface area contributed by atoms with Gasteiger partial charge in [-0.25, -0.2) is 13.2 Å². The number of benzene rings is 1. The van der Waals surface area contributed by atoms with E-state index < -0.39 is 51.4 Å². The maximum Gasteiger partial charge on any atom is 0.352 e. The molecule has 0 aliphatic carbocycles. The molecule has 0 N–H and O–H groups in total. The van der Waals surface area contributed by atoms with Gasteiger partial charge in [0.2, 0.25) is 21.9 Å². The maximum atomic E-state index is 13.4. The Labute approximate surface area is 231 Å². The van der Waals surface area contributed by atoms with Gasteiger partial charge in [-0.05, 0) is 44.9 Å². The lowest BCUT2D eigenvalue weighted by atomic mass is 9.99. The summed E-state index contributed by atoms with van der Waals surface area (Å²) in [5, 5.41) is 9.70. The van der Waals surface area contributed by atoms with Crippen LogP contribution in [0.25, 0.3) is 0 Å². The largest absolute Gasteiger partial charge is 0.463 e. The van der Waals surface area contributed by atoms with Crippen molar-refractivity contribution in [3.8, 4) is 6.07 Å². The topological polar surface area (TPSA) is 154 Å². The highest BCUT2D eigenvalue weighted by molar-refractivity contribution is 7.89. The zero-order valence-electron chi connectivity index (χ0n) is 22.1. The van der Waals surface area contributed by atoms with E-state index >= 15 is 0 Å². The first-order valence-corrected chi connectivity index (χ1v) is 14.4. The summed E-state index contributed by atoms with van der Waals surface area (Å²) >= 11 is 0. The van der Waals surface area contributed by atoms with Crippen molar-refractivity contribution in [1.82, 2.24) is 8.87 Å². The number of aryl methyl sites for hydroxylation is 1. The Hall–Kier alpha value is -3.57. The predicted octanol–water partition coefficient (Wildman–Crippen LogP) is 1.51. The molecule has 3 aliphatic heterocycles. The molecule has 2 saturated heterocycles. The minimum absolute atomic E-state index is 0.00561. The summed E-state index contributed by atoms with van der Waals surface area (Å²) in [5.41, 5.74) is 0.577. The van der Waals surface area contributed by atoms with Crippen LogP contribution in [0.5, 0.6) is 0 Å². The van der Waals surface area contributed by atoms with Gasteiger partial charge in [0.05, 0.1) is 36.5 Å². The van der Waals surface area contributed by atoms with Crippen LogP contribution < -0.4 is 5.56 Å². The smallest absolute Gasteiger partial charge is 0.352 e. The average molecular weight is 572 g/mol. The van der Waals surface area contributed by atoms with Crippen LogP contribution in [0.15, 0.2) is 46.1 Å².